The van der Waals surface area contributed by atoms with Crippen molar-refractivity contribution < 1.29 is 13.6 Å². The summed E-state index contributed by atoms with van der Waals surface area (Å²) in [6, 6.07) is 18.5. The predicted octanol–water partition coefficient (Wildman–Crippen LogP) is 7.09. The van der Waals surface area contributed by atoms with Crippen LogP contribution in [0.4, 0.5) is 0 Å². The van der Waals surface area contributed by atoms with Gasteiger partial charge in [0.15, 0.2) is 0 Å². The number of para-hydroxylation sites is 2. The van der Waals surface area contributed by atoms with Crippen LogP contribution in [0.15, 0.2) is 60.7 Å². The van der Waals surface area contributed by atoms with Crippen LogP contribution in [0.1, 0.15) is 51.9 Å². The smallest absolute Gasteiger partial charge is 0.416 e. The van der Waals surface area contributed by atoms with Crippen molar-refractivity contribution in [2.45, 2.75) is 51.9 Å². The predicted molar refractivity (Wildman–Crippen MR) is 105 cm³/mol. The summed E-state index contributed by atoms with van der Waals surface area (Å²) in [5, 5.41) is 0. The van der Waals surface area contributed by atoms with E-state index < -0.39 is 7.60 Å². The zero-order valence-corrected chi connectivity index (χ0v) is 16.0. The van der Waals surface area contributed by atoms with Crippen LogP contribution in [0.25, 0.3) is 0 Å². The van der Waals surface area contributed by atoms with Crippen molar-refractivity contribution in [1.29, 1.82) is 0 Å². The molecule has 2 aromatic rings. The molecule has 0 bridgehead atoms. The molecule has 0 spiro atoms. The standard InChI is InChI=1S/C21H29O3P/c1-2-3-4-5-6-7-14-19-25(22,23-20-15-10-8-11-16-20)24-21-17-12-9-13-18-21/h8-13,15-18H,2-7,14,19H2,1H3. The van der Waals surface area contributed by atoms with Crippen molar-refractivity contribution in [3.8, 4) is 11.5 Å². The molecular formula is C21H29O3P. The van der Waals surface area contributed by atoms with Gasteiger partial charge < -0.3 is 9.05 Å². The Hall–Kier alpha value is -1.73. The minimum absolute atomic E-state index is 0.435. The molecule has 0 atom stereocenters. The highest BCUT2D eigenvalue weighted by molar-refractivity contribution is 7.54. The van der Waals surface area contributed by atoms with Crippen molar-refractivity contribution in [2.24, 2.45) is 0 Å². The van der Waals surface area contributed by atoms with Crippen molar-refractivity contribution in [1.82, 2.24) is 0 Å². The lowest BCUT2D eigenvalue weighted by molar-refractivity contribution is 0.383. The number of hydrogen-bond donors (Lipinski definition) is 0. The van der Waals surface area contributed by atoms with Crippen molar-refractivity contribution >= 4 is 7.60 Å². The van der Waals surface area contributed by atoms with Gasteiger partial charge in [0.2, 0.25) is 0 Å². The van der Waals surface area contributed by atoms with Crippen LogP contribution >= 0.6 is 7.60 Å². The Labute approximate surface area is 151 Å². The Balaban J connectivity index is 1.91. The quantitative estimate of drug-likeness (QED) is 0.299. The maximum Gasteiger partial charge on any atom is 0.430 e. The van der Waals surface area contributed by atoms with E-state index in [-0.39, 0.29) is 0 Å². The molecule has 0 amide bonds. The van der Waals surface area contributed by atoms with E-state index in [9.17, 15) is 4.57 Å². The van der Waals surface area contributed by atoms with E-state index in [1.807, 2.05) is 60.7 Å². The van der Waals surface area contributed by atoms with Crippen LogP contribution in [0.3, 0.4) is 0 Å². The Bertz CT molecular complexity index is 583. The monoisotopic (exact) mass is 360 g/mol. The summed E-state index contributed by atoms with van der Waals surface area (Å²) >= 11 is 0. The number of hydrogen-bond acceptors (Lipinski definition) is 3. The molecule has 0 heterocycles. The molecule has 0 aromatic heterocycles. The highest BCUT2D eigenvalue weighted by Crippen LogP contribution is 2.49. The molecule has 2 rings (SSSR count). The van der Waals surface area contributed by atoms with Crippen molar-refractivity contribution in [2.75, 3.05) is 6.16 Å². The van der Waals surface area contributed by atoms with Crippen LogP contribution in [-0.4, -0.2) is 6.16 Å². The van der Waals surface area contributed by atoms with Gasteiger partial charge in [-0.1, -0.05) is 81.8 Å². The first-order valence-corrected chi connectivity index (χ1v) is 11.0. The minimum atomic E-state index is -3.22. The lowest BCUT2D eigenvalue weighted by Gasteiger charge is -2.20. The van der Waals surface area contributed by atoms with Crippen LogP contribution < -0.4 is 9.05 Å². The van der Waals surface area contributed by atoms with E-state index in [0.29, 0.717) is 17.7 Å². The van der Waals surface area contributed by atoms with Gasteiger partial charge in [0.25, 0.3) is 0 Å². The molecule has 0 aliphatic heterocycles. The number of unbranched alkanes of at least 4 members (excludes halogenated alkanes) is 6. The Kier molecular flexibility index (Phi) is 8.62. The summed E-state index contributed by atoms with van der Waals surface area (Å²) in [6.07, 6.45) is 8.61. The zero-order valence-electron chi connectivity index (χ0n) is 15.1. The summed E-state index contributed by atoms with van der Waals surface area (Å²) < 4.78 is 24.8. The van der Waals surface area contributed by atoms with Crippen LogP contribution in [0.5, 0.6) is 11.5 Å². The lowest BCUT2D eigenvalue weighted by atomic mass is 10.1. The zero-order chi connectivity index (χ0) is 17.8. The van der Waals surface area contributed by atoms with Gasteiger partial charge in [-0.05, 0) is 30.7 Å². The molecule has 0 saturated heterocycles. The molecule has 2 aromatic carbocycles. The molecular weight excluding hydrogens is 331 g/mol. The Morgan fingerprint density at radius 2 is 1.12 bits per heavy atom. The average Bonchev–Trinajstić information content (AvgIpc) is 2.62. The molecule has 0 aliphatic carbocycles. The van der Waals surface area contributed by atoms with Gasteiger partial charge in [0, 0.05) is 0 Å². The third-order valence-electron chi connectivity index (χ3n) is 4.01. The van der Waals surface area contributed by atoms with Gasteiger partial charge >= 0.3 is 7.60 Å². The van der Waals surface area contributed by atoms with Crippen LogP contribution in [-0.2, 0) is 4.57 Å². The molecule has 4 heteroatoms. The largest absolute Gasteiger partial charge is 0.430 e. The van der Waals surface area contributed by atoms with E-state index in [4.69, 9.17) is 9.05 Å². The molecule has 25 heavy (non-hydrogen) atoms. The van der Waals surface area contributed by atoms with E-state index in [2.05, 4.69) is 6.92 Å². The van der Waals surface area contributed by atoms with Crippen LogP contribution in [0.2, 0.25) is 0 Å². The second kappa shape index (κ2) is 11.0. The molecule has 3 nitrogen and oxygen atoms in total. The first kappa shape index (κ1) is 19.6. The second-order valence-electron chi connectivity index (χ2n) is 6.26. The summed E-state index contributed by atoms with van der Waals surface area (Å²) in [5.41, 5.74) is 0. The van der Waals surface area contributed by atoms with Gasteiger partial charge in [-0.25, -0.2) is 4.57 Å². The van der Waals surface area contributed by atoms with Gasteiger partial charge in [-0.15, -0.1) is 0 Å². The summed E-state index contributed by atoms with van der Waals surface area (Å²) in [5.74, 6) is 1.18. The SMILES string of the molecule is CCCCCCCCCP(=O)(Oc1ccccc1)Oc1ccccc1. The van der Waals surface area contributed by atoms with Gasteiger partial charge in [-0.2, -0.15) is 0 Å². The molecule has 0 radical (unpaired) electrons. The molecule has 0 N–H and O–H groups in total. The van der Waals surface area contributed by atoms with E-state index in [1.165, 1.54) is 32.1 Å². The topological polar surface area (TPSA) is 35.5 Å². The van der Waals surface area contributed by atoms with Gasteiger partial charge in [0.1, 0.15) is 11.5 Å². The summed E-state index contributed by atoms with van der Waals surface area (Å²) in [6.45, 7) is 2.22. The second-order valence-corrected chi connectivity index (χ2v) is 8.30. The fourth-order valence-electron chi connectivity index (χ4n) is 2.66. The van der Waals surface area contributed by atoms with E-state index in [0.717, 1.165) is 12.8 Å². The number of benzene rings is 2. The summed E-state index contributed by atoms with van der Waals surface area (Å²) in [4.78, 5) is 0. The van der Waals surface area contributed by atoms with Crippen molar-refractivity contribution in [3.63, 3.8) is 0 Å². The Morgan fingerprint density at radius 1 is 0.680 bits per heavy atom. The maximum atomic E-state index is 13.2. The number of rotatable bonds is 12. The Morgan fingerprint density at radius 3 is 1.60 bits per heavy atom. The van der Waals surface area contributed by atoms with Crippen LogP contribution in [0, 0.1) is 0 Å². The highest BCUT2D eigenvalue weighted by Gasteiger charge is 2.27. The maximum absolute atomic E-state index is 13.2. The van der Waals surface area contributed by atoms with Gasteiger partial charge in [0.05, 0.1) is 6.16 Å². The summed E-state index contributed by atoms with van der Waals surface area (Å²) in [7, 11) is -3.22. The fraction of sp³-hybridized carbons (Fsp3) is 0.429. The first-order chi connectivity index (χ1) is 12.2. The van der Waals surface area contributed by atoms with Gasteiger partial charge in [-0.3, -0.25) is 0 Å². The van der Waals surface area contributed by atoms with E-state index >= 15 is 0 Å². The third kappa shape index (κ3) is 7.79. The first-order valence-electron chi connectivity index (χ1n) is 9.30. The highest BCUT2D eigenvalue weighted by atomic mass is 31.2. The molecule has 0 saturated carbocycles. The average molecular weight is 360 g/mol. The third-order valence-corrected chi connectivity index (χ3v) is 5.85. The molecule has 0 unspecified atom stereocenters. The molecule has 0 fully saturated rings. The molecule has 136 valence electrons. The fourth-order valence-corrected chi connectivity index (χ4v) is 4.37. The van der Waals surface area contributed by atoms with Crippen molar-refractivity contribution in [3.05, 3.63) is 60.7 Å². The molecule has 0 aliphatic rings. The van der Waals surface area contributed by atoms with E-state index in [1.54, 1.807) is 0 Å². The normalized spacial score (nSPS) is 11.2. The lowest BCUT2D eigenvalue weighted by Crippen LogP contribution is -2.05. The minimum Gasteiger partial charge on any atom is -0.416 e.